The summed E-state index contributed by atoms with van der Waals surface area (Å²) in [5.41, 5.74) is 2.82. The number of carbonyl (C=O) groups excluding carboxylic acids is 6. The summed E-state index contributed by atoms with van der Waals surface area (Å²) in [6.07, 6.45) is -4.42. The number of benzene rings is 2. The van der Waals surface area contributed by atoms with Gasteiger partial charge in [0.25, 0.3) is 12.2 Å². The van der Waals surface area contributed by atoms with Crippen molar-refractivity contribution in [3.05, 3.63) is 70.8 Å². The van der Waals surface area contributed by atoms with E-state index in [1.807, 2.05) is 31.2 Å². The van der Waals surface area contributed by atoms with Crippen LogP contribution in [0.5, 0.6) is 0 Å². The van der Waals surface area contributed by atoms with E-state index in [1.165, 1.54) is 20.2 Å². The van der Waals surface area contributed by atoms with Gasteiger partial charge < -0.3 is 38.2 Å². The van der Waals surface area contributed by atoms with Crippen molar-refractivity contribution in [2.75, 3.05) is 13.7 Å². The number of piperidine rings is 1. The highest BCUT2D eigenvalue weighted by atomic mass is 16.8. The van der Waals surface area contributed by atoms with Crippen molar-refractivity contribution < 1.29 is 62.0 Å². The van der Waals surface area contributed by atoms with Gasteiger partial charge in [-0.25, -0.2) is 4.79 Å². The van der Waals surface area contributed by atoms with Gasteiger partial charge in [-0.1, -0.05) is 54.0 Å². The smallest absolute Gasteiger partial charge is 0.328 e. The minimum Gasteiger partial charge on any atom is -0.467 e. The minimum atomic E-state index is -1.51. The third-order valence-corrected chi connectivity index (χ3v) is 8.67. The van der Waals surface area contributed by atoms with Crippen molar-refractivity contribution in [3.8, 4) is 0 Å². The number of amides is 1. The zero-order valence-electron chi connectivity index (χ0n) is 30.1. The number of hydrogen-bond donors (Lipinski definition) is 0. The number of likely N-dealkylation sites (tertiary alicyclic amines) is 1. The summed E-state index contributed by atoms with van der Waals surface area (Å²) in [5.74, 6) is -3.74. The Morgan fingerprint density at radius 3 is 1.98 bits per heavy atom. The quantitative estimate of drug-likeness (QED) is 0.142. The van der Waals surface area contributed by atoms with Gasteiger partial charge in [0.1, 0.15) is 18.8 Å². The fraction of sp³-hybridized carbons (Fsp3) is 0.486. The van der Waals surface area contributed by atoms with Crippen LogP contribution in [-0.4, -0.2) is 97.3 Å². The molecule has 15 heteroatoms. The van der Waals surface area contributed by atoms with E-state index in [-0.39, 0.29) is 17.9 Å². The molecule has 2 aromatic carbocycles. The number of hydrogen-bond acceptors (Lipinski definition) is 14. The molecule has 8 atom stereocenters. The molecule has 2 aliphatic heterocycles. The average molecular weight is 725 g/mol. The van der Waals surface area contributed by atoms with Crippen LogP contribution in [0.1, 0.15) is 80.6 Å². The molecule has 0 aromatic heterocycles. The Hall–Kier alpha value is -5.31. The van der Waals surface area contributed by atoms with Crippen LogP contribution in [0.4, 0.5) is 0 Å². The number of rotatable bonds is 11. The Kier molecular flexibility index (Phi) is 13.5. The second kappa shape index (κ2) is 17.8. The van der Waals surface area contributed by atoms with Crippen LogP contribution in [-0.2, 0) is 57.2 Å². The molecule has 2 fully saturated rings. The highest BCUT2D eigenvalue weighted by Crippen LogP contribution is 2.40. The SMILES string of the molecule is COC(=O)[C@@H]1CC[C@H](C)[C@@H](c2ccc(C)cc2)N1C(=O)c1ccc(/C=N/O[C@@H]2O[C@H](COC(C)=O)[C@@H](OC(C)=O)[C@H](OC(C)=O)[C@H]2OC(C)=O)cc1. The molecule has 1 amide bonds. The van der Waals surface area contributed by atoms with Gasteiger partial charge in [0.05, 0.1) is 19.4 Å². The largest absolute Gasteiger partial charge is 0.467 e. The summed E-state index contributed by atoms with van der Waals surface area (Å²) in [6, 6.07) is 13.2. The average Bonchev–Trinajstić information content (AvgIpc) is 3.09. The predicted molar refractivity (Wildman–Crippen MR) is 181 cm³/mol. The van der Waals surface area contributed by atoms with E-state index in [4.69, 9.17) is 33.3 Å². The lowest BCUT2D eigenvalue weighted by Gasteiger charge is -2.44. The van der Waals surface area contributed by atoms with Gasteiger partial charge >= 0.3 is 29.8 Å². The molecule has 2 aliphatic rings. The third kappa shape index (κ3) is 9.93. The Morgan fingerprint density at radius 2 is 1.40 bits per heavy atom. The van der Waals surface area contributed by atoms with Crippen LogP contribution < -0.4 is 0 Å². The summed E-state index contributed by atoms with van der Waals surface area (Å²) >= 11 is 0. The molecule has 0 bridgehead atoms. The molecule has 52 heavy (non-hydrogen) atoms. The van der Waals surface area contributed by atoms with Crippen molar-refractivity contribution in [2.24, 2.45) is 11.1 Å². The van der Waals surface area contributed by atoms with Gasteiger partial charge in [-0.2, -0.15) is 0 Å². The van der Waals surface area contributed by atoms with E-state index in [0.29, 0.717) is 17.5 Å². The van der Waals surface area contributed by atoms with Crippen molar-refractivity contribution in [2.45, 2.75) is 97.2 Å². The first kappa shape index (κ1) is 39.5. The minimum absolute atomic E-state index is 0.0762. The highest BCUT2D eigenvalue weighted by molar-refractivity contribution is 5.98. The maximum Gasteiger partial charge on any atom is 0.328 e. The fourth-order valence-electron chi connectivity index (χ4n) is 6.36. The predicted octanol–water partition coefficient (Wildman–Crippen LogP) is 3.58. The first-order chi connectivity index (χ1) is 24.7. The summed E-state index contributed by atoms with van der Waals surface area (Å²) in [7, 11) is 1.31. The first-order valence-corrected chi connectivity index (χ1v) is 16.8. The van der Waals surface area contributed by atoms with E-state index in [9.17, 15) is 28.8 Å². The van der Waals surface area contributed by atoms with E-state index < -0.39 is 73.2 Å². The monoisotopic (exact) mass is 724 g/mol. The third-order valence-electron chi connectivity index (χ3n) is 8.67. The molecule has 0 radical (unpaired) electrons. The maximum atomic E-state index is 14.1. The second-order valence-corrected chi connectivity index (χ2v) is 12.7. The van der Waals surface area contributed by atoms with Crippen molar-refractivity contribution in [3.63, 3.8) is 0 Å². The number of carbonyl (C=O) groups is 6. The number of oxime groups is 1. The summed E-state index contributed by atoms with van der Waals surface area (Å²) in [6.45, 7) is 8.12. The van der Waals surface area contributed by atoms with Gasteiger partial charge in [-0.15, -0.1) is 0 Å². The molecular formula is C37H44N2O13. The topological polar surface area (TPSA) is 183 Å². The lowest BCUT2D eigenvalue weighted by Crippen LogP contribution is -2.62. The molecular weight excluding hydrogens is 680 g/mol. The number of ether oxygens (including phenoxy) is 6. The van der Waals surface area contributed by atoms with Gasteiger partial charge in [-0.3, -0.25) is 24.0 Å². The maximum absolute atomic E-state index is 14.1. The number of esters is 5. The van der Waals surface area contributed by atoms with Gasteiger partial charge in [-0.05, 0) is 48.9 Å². The van der Waals surface area contributed by atoms with Gasteiger partial charge in [0.15, 0.2) is 12.2 Å². The van der Waals surface area contributed by atoms with E-state index in [1.54, 1.807) is 29.2 Å². The number of nitrogens with zero attached hydrogens (tertiary/aromatic N) is 2. The lowest BCUT2D eigenvalue weighted by atomic mass is 9.82. The Morgan fingerprint density at radius 1 is 0.808 bits per heavy atom. The van der Waals surface area contributed by atoms with E-state index >= 15 is 0 Å². The second-order valence-electron chi connectivity index (χ2n) is 12.7. The fourth-order valence-corrected chi connectivity index (χ4v) is 6.36. The van der Waals surface area contributed by atoms with Crippen LogP contribution in [0.2, 0.25) is 0 Å². The molecule has 280 valence electrons. The zero-order valence-corrected chi connectivity index (χ0v) is 30.1. The molecule has 15 nitrogen and oxygen atoms in total. The molecule has 0 spiro atoms. The normalized spacial score (nSPS) is 25.8. The standard InChI is InChI=1S/C37H44N2O13/c1-20-8-13-27(14-9-20)31-21(2)10-17-29(36(45)46-7)39(31)35(44)28-15-11-26(12-16-28)18-38-52-37-34(50-25(6)43)33(49-24(5)42)32(48-23(4)41)30(51-37)19-47-22(3)40/h8-9,11-16,18,21,29-34,37H,10,17,19H2,1-7H3/b38-18+/t21-,29-,30+,31-,32+,33-,34+,37-/m0/s1. The lowest BCUT2D eigenvalue weighted by molar-refractivity contribution is -0.308. The summed E-state index contributed by atoms with van der Waals surface area (Å²) in [5, 5.41) is 3.98. The highest BCUT2D eigenvalue weighted by Gasteiger charge is 2.53. The number of aryl methyl sites for hydroxylation is 1. The molecule has 0 N–H and O–H groups in total. The molecule has 2 aromatic rings. The van der Waals surface area contributed by atoms with Crippen molar-refractivity contribution in [1.82, 2.24) is 4.90 Å². The Labute approximate surface area is 301 Å². The van der Waals surface area contributed by atoms with Crippen molar-refractivity contribution in [1.29, 1.82) is 0 Å². The zero-order chi connectivity index (χ0) is 38.1. The molecule has 0 aliphatic carbocycles. The van der Waals surface area contributed by atoms with E-state index in [0.717, 1.165) is 38.3 Å². The van der Waals surface area contributed by atoms with Crippen LogP contribution in [0.15, 0.2) is 53.7 Å². The van der Waals surface area contributed by atoms with E-state index in [2.05, 4.69) is 12.1 Å². The number of methoxy groups -OCH3 is 1. The van der Waals surface area contributed by atoms with Gasteiger partial charge in [0.2, 0.25) is 6.10 Å². The molecule has 0 unspecified atom stereocenters. The molecule has 2 saturated heterocycles. The van der Waals surface area contributed by atoms with Gasteiger partial charge in [0, 0.05) is 33.3 Å². The van der Waals surface area contributed by atoms with Crippen molar-refractivity contribution >= 4 is 42.0 Å². The molecule has 4 rings (SSSR count). The summed E-state index contributed by atoms with van der Waals surface area (Å²) in [4.78, 5) is 81.9. The first-order valence-electron chi connectivity index (χ1n) is 16.8. The molecule has 2 heterocycles. The Balaban J connectivity index is 1.58. The molecule has 0 saturated carbocycles. The van der Waals surface area contributed by atoms with Crippen LogP contribution in [0, 0.1) is 12.8 Å². The van der Waals surface area contributed by atoms with Crippen LogP contribution in [0.3, 0.4) is 0 Å². The van der Waals surface area contributed by atoms with Crippen LogP contribution >= 0.6 is 0 Å². The summed E-state index contributed by atoms with van der Waals surface area (Å²) < 4.78 is 32.2. The van der Waals surface area contributed by atoms with Crippen LogP contribution in [0.25, 0.3) is 0 Å². The Bertz CT molecular complexity index is 1640.